The van der Waals surface area contributed by atoms with Crippen molar-refractivity contribution in [2.45, 2.75) is 38.1 Å². The van der Waals surface area contributed by atoms with Gasteiger partial charge >= 0.3 is 6.03 Å². The van der Waals surface area contributed by atoms with Crippen molar-refractivity contribution in [1.82, 2.24) is 9.80 Å². The fourth-order valence-electron chi connectivity index (χ4n) is 2.17. The van der Waals surface area contributed by atoms with Gasteiger partial charge in [0.05, 0.1) is 0 Å². The molecule has 0 unspecified atom stereocenters. The molecule has 1 aliphatic carbocycles. The van der Waals surface area contributed by atoms with Crippen LogP contribution in [-0.2, 0) is 0 Å². The van der Waals surface area contributed by atoms with Crippen LogP contribution in [0.2, 0.25) is 0 Å². The summed E-state index contributed by atoms with van der Waals surface area (Å²) in [5.74, 6) is 0. The molecule has 88 valence electrons. The average Bonchev–Trinajstić information content (AvgIpc) is 2.18. The summed E-state index contributed by atoms with van der Waals surface area (Å²) in [7, 11) is 4.03. The summed E-state index contributed by atoms with van der Waals surface area (Å²) in [5, 5.41) is 0. The number of primary amides is 1. The summed E-state index contributed by atoms with van der Waals surface area (Å²) in [6, 6.07) is 0.125. The molecule has 4 heteroatoms. The van der Waals surface area contributed by atoms with Crippen molar-refractivity contribution in [2.75, 3.05) is 27.2 Å². The zero-order chi connectivity index (χ0) is 11.3. The first-order valence-electron chi connectivity index (χ1n) is 5.82. The highest BCUT2D eigenvalue weighted by atomic mass is 16.2. The molecule has 0 radical (unpaired) electrons. The van der Waals surface area contributed by atoms with Crippen LogP contribution in [0.25, 0.3) is 0 Å². The van der Waals surface area contributed by atoms with E-state index in [-0.39, 0.29) is 6.03 Å². The summed E-state index contributed by atoms with van der Waals surface area (Å²) in [5.41, 5.74) is 5.42. The van der Waals surface area contributed by atoms with E-state index in [0.29, 0.717) is 6.04 Å². The lowest BCUT2D eigenvalue weighted by molar-refractivity contribution is 0.156. The monoisotopic (exact) mass is 213 g/mol. The molecule has 0 bridgehead atoms. The van der Waals surface area contributed by atoms with Gasteiger partial charge in [0.25, 0.3) is 0 Å². The normalized spacial score (nSPS) is 18.1. The minimum absolute atomic E-state index is 0.260. The van der Waals surface area contributed by atoms with Crippen molar-refractivity contribution < 1.29 is 4.79 Å². The third-order valence-electron chi connectivity index (χ3n) is 3.09. The molecule has 2 N–H and O–H groups in total. The minimum Gasteiger partial charge on any atom is -0.351 e. The lowest BCUT2D eigenvalue weighted by Crippen LogP contribution is -2.47. The molecule has 4 nitrogen and oxygen atoms in total. The second kappa shape index (κ2) is 5.95. The maximum absolute atomic E-state index is 11.3. The molecule has 0 aromatic rings. The van der Waals surface area contributed by atoms with Crippen molar-refractivity contribution >= 4 is 6.03 Å². The number of amides is 2. The fraction of sp³-hybridized carbons (Fsp3) is 0.909. The predicted molar refractivity (Wildman–Crippen MR) is 61.7 cm³/mol. The van der Waals surface area contributed by atoms with E-state index in [1.165, 1.54) is 19.3 Å². The van der Waals surface area contributed by atoms with Crippen molar-refractivity contribution in [3.8, 4) is 0 Å². The maximum atomic E-state index is 11.3. The van der Waals surface area contributed by atoms with Crippen LogP contribution in [0.5, 0.6) is 0 Å². The van der Waals surface area contributed by atoms with Gasteiger partial charge in [0, 0.05) is 19.1 Å². The van der Waals surface area contributed by atoms with Crippen LogP contribution in [-0.4, -0.2) is 49.1 Å². The Bertz CT molecular complexity index is 200. The molecule has 1 saturated carbocycles. The summed E-state index contributed by atoms with van der Waals surface area (Å²) in [6.07, 6.45) is 6.01. The van der Waals surface area contributed by atoms with Crippen molar-refractivity contribution in [2.24, 2.45) is 5.73 Å². The van der Waals surface area contributed by atoms with Gasteiger partial charge in [-0.25, -0.2) is 4.79 Å². The Morgan fingerprint density at radius 2 is 1.80 bits per heavy atom. The number of nitrogens with zero attached hydrogens (tertiary/aromatic N) is 2. The zero-order valence-corrected chi connectivity index (χ0v) is 9.91. The highest BCUT2D eigenvalue weighted by Crippen LogP contribution is 2.22. The zero-order valence-electron chi connectivity index (χ0n) is 9.91. The van der Waals surface area contributed by atoms with Gasteiger partial charge in [0.15, 0.2) is 0 Å². The standard InChI is InChI=1S/C11H23N3O/c1-13(2)8-9-14(11(12)15)10-6-4-3-5-7-10/h10H,3-9H2,1-2H3,(H2,12,15). The van der Waals surface area contributed by atoms with Gasteiger partial charge in [0.1, 0.15) is 0 Å². The average molecular weight is 213 g/mol. The smallest absolute Gasteiger partial charge is 0.315 e. The van der Waals surface area contributed by atoms with E-state index < -0.39 is 0 Å². The molecular formula is C11H23N3O. The Labute approximate surface area is 92.4 Å². The molecule has 0 atom stereocenters. The number of urea groups is 1. The van der Waals surface area contributed by atoms with E-state index in [2.05, 4.69) is 4.90 Å². The molecule has 0 heterocycles. The molecular weight excluding hydrogens is 190 g/mol. The number of nitrogens with two attached hydrogens (primary N) is 1. The van der Waals surface area contributed by atoms with Gasteiger partial charge in [0.2, 0.25) is 0 Å². The predicted octanol–water partition coefficient (Wildman–Crippen LogP) is 1.26. The fourth-order valence-corrected chi connectivity index (χ4v) is 2.17. The maximum Gasteiger partial charge on any atom is 0.315 e. The van der Waals surface area contributed by atoms with Crippen molar-refractivity contribution in [3.63, 3.8) is 0 Å². The largest absolute Gasteiger partial charge is 0.351 e. The van der Waals surface area contributed by atoms with Gasteiger partial charge < -0.3 is 15.5 Å². The number of hydrogen-bond donors (Lipinski definition) is 1. The number of likely N-dealkylation sites (N-methyl/N-ethyl adjacent to an activating group) is 1. The molecule has 0 spiro atoms. The third kappa shape index (κ3) is 4.08. The molecule has 0 aliphatic heterocycles. The van der Waals surface area contributed by atoms with Crippen LogP contribution in [0.4, 0.5) is 4.79 Å². The van der Waals surface area contributed by atoms with Gasteiger partial charge in [-0.05, 0) is 26.9 Å². The van der Waals surface area contributed by atoms with E-state index in [1.54, 1.807) is 0 Å². The third-order valence-corrected chi connectivity index (χ3v) is 3.09. The molecule has 0 saturated heterocycles. The van der Waals surface area contributed by atoms with Gasteiger partial charge in [-0.1, -0.05) is 19.3 Å². The van der Waals surface area contributed by atoms with Crippen molar-refractivity contribution in [3.05, 3.63) is 0 Å². The SMILES string of the molecule is CN(C)CCN(C(N)=O)C1CCCCC1. The van der Waals surface area contributed by atoms with E-state index in [9.17, 15) is 4.79 Å². The van der Waals surface area contributed by atoms with Crippen LogP contribution >= 0.6 is 0 Å². The molecule has 2 amide bonds. The van der Waals surface area contributed by atoms with E-state index in [0.717, 1.165) is 25.9 Å². The highest BCUT2D eigenvalue weighted by molar-refractivity contribution is 5.72. The van der Waals surface area contributed by atoms with Crippen LogP contribution < -0.4 is 5.73 Å². The minimum atomic E-state index is -0.260. The van der Waals surface area contributed by atoms with E-state index >= 15 is 0 Å². The lowest BCUT2D eigenvalue weighted by Gasteiger charge is -2.33. The quantitative estimate of drug-likeness (QED) is 0.764. The second-order valence-electron chi connectivity index (χ2n) is 4.63. The molecule has 1 rings (SSSR count). The topological polar surface area (TPSA) is 49.6 Å². The van der Waals surface area contributed by atoms with Gasteiger partial charge in [-0.2, -0.15) is 0 Å². The molecule has 15 heavy (non-hydrogen) atoms. The van der Waals surface area contributed by atoms with Crippen molar-refractivity contribution in [1.29, 1.82) is 0 Å². The first-order chi connectivity index (χ1) is 7.11. The van der Waals surface area contributed by atoms with E-state index in [1.807, 2.05) is 19.0 Å². The first kappa shape index (κ1) is 12.3. The lowest BCUT2D eigenvalue weighted by atomic mass is 9.94. The van der Waals surface area contributed by atoms with E-state index in [4.69, 9.17) is 5.73 Å². The molecule has 1 aliphatic rings. The summed E-state index contributed by atoms with van der Waals surface area (Å²) in [4.78, 5) is 15.3. The number of carbonyl (C=O) groups excluding carboxylic acids is 1. The number of hydrogen-bond acceptors (Lipinski definition) is 2. The Balaban J connectivity index is 2.44. The highest BCUT2D eigenvalue weighted by Gasteiger charge is 2.23. The Morgan fingerprint density at radius 3 is 2.27 bits per heavy atom. The van der Waals surface area contributed by atoms with Crippen LogP contribution in [0, 0.1) is 0 Å². The van der Waals surface area contributed by atoms with Crippen LogP contribution in [0.1, 0.15) is 32.1 Å². The van der Waals surface area contributed by atoms with Gasteiger partial charge in [-0.15, -0.1) is 0 Å². The van der Waals surface area contributed by atoms with Crippen LogP contribution in [0.3, 0.4) is 0 Å². The first-order valence-corrected chi connectivity index (χ1v) is 5.82. The molecule has 1 fully saturated rings. The Kier molecular flexibility index (Phi) is 4.88. The number of carbonyl (C=O) groups is 1. The molecule has 0 aromatic carbocycles. The summed E-state index contributed by atoms with van der Waals surface area (Å²) < 4.78 is 0. The summed E-state index contributed by atoms with van der Waals surface area (Å²) >= 11 is 0. The van der Waals surface area contributed by atoms with Gasteiger partial charge in [-0.3, -0.25) is 0 Å². The number of rotatable bonds is 4. The Morgan fingerprint density at radius 1 is 1.20 bits per heavy atom. The molecule has 0 aromatic heterocycles. The Hall–Kier alpha value is -0.770. The summed E-state index contributed by atoms with van der Waals surface area (Å²) in [6.45, 7) is 1.65. The second-order valence-corrected chi connectivity index (χ2v) is 4.63. The van der Waals surface area contributed by atoms with Crippen LogP contribution in [0.15, 0.2) is 0 Å².